The summed E-state index contributed by atoms with van der Waals surface area (Å²) in [6.45, 7) is 9.24. The summed E-state index contributed by atoms with van der Waals surface area (Å²) in [7, 11) is 0. The number of nitriles is 1. The highest BCUT2D eigenvalue weighted by molar-refractivity contribution is 6.00. The molecule has 2 heterocycles. The molecule has 0 spiro atoms. The molecule has 3 rings (SSSR count). The number of carbonyl (C=O) groups is 1. The second-order valence-corrected chi connectivity index (χ2v) is 6.99. The van der Waals surface area contributed by atoms with E-state index in [1.54, 1.807) is 24.0 Å². The molecule has 2 aliphatic rings. The summed E-state index contributed by atoms with van der Waals surface area (Å²) in [5.74, 6) is -0.361. The number of nitrogens with zero attached hydrogens (tertiary/aromatic N) is 2. The van der Waals surface area contributed by atoms with Crippen LogP contribution >= 0.6 is 0 Å². The molecular formula is C20H22N2O2. The molecular weight excluding hydrogens is 300 g/mol. The van der Waals surface area contributed by atoms with Crippen molar-refractivity contribution in [1.29, 1.82) is 5.26 Å². The van der Waals surface area contributed by atoms with Gasteiger partial charge >= 0.3 is 0 Å². The van der Waals surface area contributed by atoms with Gasteiger partial charge < -0.3 is 10.0 Å². The Kier molecular flexibility index (Phi) is 3.85. The molecule has 1 saturated heterocycles. The van der Waals surface area contributed by atoms with Crippen molar-refractivity contribution in [3.8, 4) is 6.07 Å². The van der Waals surface area contributed by atoms with Gasteiger partial charge in [0.25, 0.3) is 0 Å². The smallest absolute Gasteiger partial charge is 0.230 e. The molecule has 1 aromatic rings. The molecule has 4 nitrogen and oxygen atoms in total. The Morgan fingerprint density at radius 2 is 2.12 bits per heavy atom. The number of anilines is 1. The first-order valence-electron chi connectivity index (χ1n) is 8.21. The van der Waals surface area contributed by atoms with E-state index in [0.29, 0.717) is 19.3 Å². The van der Waals surface area contributed by atoms with E-state index in [1.165, 1.54) is 0 Å². The van der Waals surface area contributed by atoms with Crippen molar-refractivity contribution in [1.82, 2.24) is 0 Å². The minimum atomic E-state index is -1.17. The topological polar surface area (TPSA) is 64.3 Å². The van der Waals surface area contributed by atoms with E-state index < -0.39 is 17.1 Å². The van der Waals surface area contributed by atoms with Gasteiger partial charge in [0.05, 0.1) is 17.7 Å². The number of aliphatic hydroxyl groups is 1. The zero-order chi connectivity index (χ0) is 17.5. The number of para-hydroxylation sites is 1. The Hall–Kier alpha value is -2.38. The van der Waals surface area contributed by atoms with Crippen LogP contribution in [-0.2, 0) is 10.2 Å². The van der Waals surface area contributed by atoms with E-state index in [4.69, 9.17) is 0 Å². The van der Waals surface area contributed by atoms with Crippen molar-refractivity contribution in [3.63, 3.8) is 0 Å². The maximum absolute atomic E-state index is 13.1. The van der Waals surface area contributed by atoms with Gasteiger partial charge in [-0.3, -0.25) is 4.79 Å². The molecule has 4 atom stereocenters. The van der Waals surface area contributed by atoms with Gasteiger partial charge in [0, 0.05) is 11.6 Å². The number of carbonyl (C=O) groups excluding carboxylic acids is 1. The van der Waals surface area contributed by atoms with Crippen LogP contribution in [0.5, 0.6) is 0 Å². The van der Waals surface area contributed by atoms with Crippen LogP contribution in [0.3, 0.4) is 0 Å². The fourth-order valence-corrected chi connectivity index (χ4v) is 4.52. The first-order chi connectivity index (χ1) is 11.4. The van der Waals surface area contributed by atoms with Gasteiger partial charge in [-0.1, -0.05) is 30.4 Å². The van der Waals surface area contributed by atoms with Crippen molar-refractivity contribution in [2.24, 2.45) is 5.92 Å². The fraction of sp³-hybridized carbons (Fsp3) is 0.400. The SMILES string of the molecule is C=CC[C@@H]1C[C@](C)(O)[C@@H]2N(C1=O)c1ccccc1[C@@]2(C#N)CC=C. The minimum Gasteiger partial charge on any atom is -0.388 e. The average Bonchev–Trinajstić information content (AvgIpc) is 2.85. The minimum absolute atomic E-state index is 0.0416. The van der Waals surface area contributed by atoms with Crippen LogP contribution in [0.4, 0.5) is 5.69 Å². The Balaban J connectivity index is 2.25. The molecule has 1 N–H and O–H groups in total. The first kappa shape index (κ1) is 16.5. The maximum atomic E-state index is 13.1. The molecule has 124 valence electrons. The quantitative estimate of drug-likeness (QED) is 0.866. The lowest BCUT2D eigenvalue weighted by Gasteiger charge is -2.48. The zero-order valence-corrected chi connectivity index (χ0v) is 13.9. The van der Waals surface area contributed by atoms with Crippen molar-refractivity contribution in [2.45, 2.75) is 43.2 Å². The molecule has 0 radical (unpaired) electrons. The van der Waals surface area contributed by atoms with Crippen molar-refractivity contribution >= 4 is 11.6 Å². The number of benzene rings is 1. The van der Waals surface area contributed by atoms with E-state index in [0.717, 1.165) is 11.3 Å². The summed E-state index contributed by atoms with van der Waals surface area (Å²) in [5, 5.41) is 21.3. The molecule has 24 heavy (non-hydrogen) atoms. The third-order valence-corrected chi connectivity index (χ3v) is 5.32. The van der Waals surface area contributed by atoms with Crippen LogP contribution < -0.4 is 4.90 Å². The van der Waals surface area contributed by atoms with Gasteiger partial charge in [-0.2, -0.15) is 5.26 Å². The Morgan fingerprint density at radius 1 is 1.42 bits per heavy atom. The molecule has 1 fully saturated rings. The van der Waals surface area contributed by atoms with E-state index in [1.807, 2.05) is 24.3 Å². The van der Waals surface area contributed by atoms with Crippen LogP contribution in [0, 0.1) is 17.2 Å². The standard InChI is InChI=1S/C20H22N2O2/c1-4-8-14-12-19(3,24)18-20(13-21,11-5-2)15-9-6-7-10-16(15)22(18)17(14)23/h4-7,9-10,14,18,24H,1-2,8,11-12H2,3H3/t14-,18+,19+,20+/m1/s1. The third kappa shape index (κ3) is 2.05. The molecule has 4 heteroatoms. The molecule has 0 unspecified atom stereocenters. The lowest BCUT2D eigenvalue weighted by Crippen LogP contribution is -2.65. The van der Waals surface area contributed by atoms with Crippen LogP contribution in [0.1, 0.15) is 31.7 Å². The summed E-state index contributed by atoms with van der Waals surface area (Å²) in [5.41, 5.74) is -0.620. The van der Waals surface area contributed by atoms with Crippen LogP contribution in [0.15, 0.2) is 49.6 Å². The molecule has 0 saturated carbocycles. The van der Waals surface area contributed by atoms with Crippen molar-refractivity contribution in [2.75, 3.05) is 4.90 Å². The summed E-state index contributed by atoms with van der Waals surface area (Å²) < 4.78 is 0. The Morgan fingerprint density at radius 3 is 2.75 bits per heavy atom. The Bertz CT molecular complexity index is 746. The molecule has 2 aliphatic heterocycles. The highest BCUT2D eigenvalue weighted by atomic mass is 16.3. The second-order valence-electron chi connectivity index (χ2n) is 6.99. The molecule has 0 aliphatic carbocycles. The normalized spacial score (nSPS) is 34.2. The number of piperidine rings is 1. The van der Waals surface area contributed by atoms with Crippen molar-refractivity contribution < 1.29 is 9.90 Å². The summed E-state index contributed by atoms with van der Waals surface area (Å²) in [6, 6.07) is 9.26. The van der Waals surface area contributed by atoms with E-state index >= 15 is 0 Å². The predicted octanol–water partition coefficient (Wildman–Crippen LogP) is 3.09. The monoisotopic (exact) mass is 322 g/mol. The third-order valence-electron chi connectivity index (χ3n) is 5.32. The van der Waals surface area contributed by atoms with Crippen LogP contribution in [-0.4, -0.2) is 22.7 Å². The lowest BCUT2D eigenvalue weighted by molar-refractivity contribution is -0.132. The average molecular weight is 322 g/mol. The predicted molar refractivity (Wildman–Crippen MR) is 93.4 cm³/mol. The maximum Gasteiger partial charge on any atom is 0.230 e. The van der Waals surface area contributed by atoms with Crippen molar-refractivity contribution in [3.05, 3.63) is 55.1 Å². The largest absolute Gasteiger partial charge is 0.388 e. The van der Waals surface area contributed by atoms with E-state index in [9.17, 15) is 15.2 Å². The first-order valence-corrected chi connectivity index (χ1v) is 8.21. The molecule has 1 aromatic carbocycles. The van der Waals surface area contributed by atoms with Crippen LogP contribution in [0.25, 0.3) is 0 Å². The number of amides is 1. The molecule has 0 aromatic heterocycles. The number of rotatable bonds is 4. The summed E-state index contributed by atoms with van der Waals surface area (Å²) in [6.07, 6.45) is 4.63. The Labute approximate surface area is 142 Å². The number of hydrogen-bond donors (Lipinski definition) is 1. The molecule has 1 amide bonds. The van der Waals surface area contributed by atoms with Crippen LogP contribution in [0.2, 0.25) is 0 Å². The lowest BCUT2D eigenvalue weighted by atomic mass is 9.66. The number of allylic oxidation sites excluding steroid dienone is 2. The van der Waals surface area contributed by atoms with Gasteiger partial charge in [0.2, 0.25) is 5.91 Å². The number of fused-ring (bicyclic) bond motifs is 3. The summed E-state index contributed by atoms with van der Waals surface area (Å²) >= 11 is 0. The highest BCUT2D eigenvalue weighted by Gasteiger charge is 2.62. The number of hydrogen-bond acceptors (Lipinski definition) is 3. The van der Waals surface area contributed by atoms with E-state index in [-0.39, 0.29) is 11.8 Å². The highest BCUT2D eigenvalue weighted by Crippen LogP contribution is 2.54. The van der Waals surface area contributed by atoms with Gasteiger partial charge in [0.15, 0.2) is 0 Å². The fourth-order valence-electron chi connectivity index (χ4n) is 4.52. The van der Waals surface area contributed by atoms with Gasteiger partial charge in [-0.15, -0.1) is 13.2 Å². The zero-order valence-electron chi connectivity index (χ0n) is 13.9. The van der Waals surface area contributed by atoms with Gasteiger partial charge in [-0.05, 0) is 37.8 Å². The van der Waals surface area contributed by atoms with Gasteiger partial charge in [-0.25, -0.2) is 0 Å². The molecule has 0 bridgehead atoms. The summed E-state index contributed by atoms with van der Waals surface area (Å²) in [4.78, 5) is 14.7. The second kappa shape index (κ2) is 5.61. The van der Waals surface area contributed by atoms with E-state index in [2.05, 4.69) is 19.2 Å². The van der Waals surface area contributed by atoms with Gasteiger partial charge in [0.1, 0.15) is 5.41 Å².